The van der Waals surface area contributed by atoms with Crippen LogP contribution in [0.1, 0.15) is 61.0 Å². The van der Waals surface area contributed by atoms with E-state index >= 15 is 0 Å². The summed E-state index contributed by atoms with van der Waals surface area (Å²) in [6.07, 6.45) is 0.439. The van der Waals surface area contributed by atoms with E-state index in [0.29, 0.717) is 75.5 Å². The second-order valence-corrected chi connectivity index (χ2v) is 14.9. The molecular formula is C47H50IN3O4. The van der Waals surface area contributed by atoms with Crippen LogP contribution in [0.15, 0.2) is 121 Å². The Balaban J connectivity index is 0.922. The monoisotopic (exact) mass is 849 g/mol. The number of carbonyl (C=O) groups is 2. The Kier molecular flexibility index (Phi) is 13.5. The number of fused-ring (bicyclic) bond motifs is 2. The molecule has 0 radical (unpaired) electrons. The molecule has 6 aromatic carbocycles. The molecule has 0 aliphatic rings. The summed E-state index contributed by atoms with van der Waals surface area (Å²) >= 11 is 2.24. The van der Waals surface area contributed by atoms with Gasteiger partial charge in [-0.1, -0.05) is 78.4 Å². The van der Waals surface area contributed by atoms with Crippen molar-refractivity contribution in [1.82, 2.24) is 15.5 Å². The zero-order valence-corrected chi connectivity index (χ0v) is 33.7. The highest BCUT2D eigenvalue weighted by Crippen LogP contribution is 2.30. The van der Waals surface area contributed by atoms with Gasteiger partial charge in [0, 0.05) is 49.6 Å². The van der Waals surface area contributed by atoms with Crippen molar-refractivity contribution >= 4 is 56.0 Å². The molecule has 0 aromatic heterocycles. The Bertz CT molecular complexity index is 2230. The lowest BCUT2D eigenvalue weighted by Crippen LogP contribution is -2.30. The molecule has 0 saturated heterocycles. The van der Waals surface area contributed by atoms with E-state index in [0.717, 1.165) is 47.4 Å². The lowest BCUT2D eigenvalue weighted by molar-refractivity contribution is -0.121. The van der Waals surface area contributed by atoms with Gasteiger partial charge in [-0.3, -0.25) is 9.59 Å². The minimum Gasteiger partial charge on any atom is -0.496 e. The number of aryl methyl sites for hydroxylation is 2. The Morgan fingerprint density at radius 3 is 2.20 bits per heavy atom. The number of rotatable bonds is 19. The van der Waals surface area contributed by atoms with Crippen molar-refractivity contribution < 1.29 is 21.8 Å². The molecule has 6 aromatic rings. The standard InChI is InChI=1S/C47H50IN3O4/c1-34-16-18-35(19-17-34)32-51(47(53)36-20-23-40(48)24-21-36)33-39-22-25-41(31-45(39)54-2)55-29-8-15-46(52)50-28-9-27-49-26-7-14-44-42-12-5-3-10-37(42)30-38-11-4-6-13-43(38)44/h3-6,10-13,16-25,30-31,49H,7-9,14-15,26-29,32-33H2,1-2H3,(H,50,52)/i7D2. The molecule has 0 heterocycles. The number of nitrogens with one attached hydrogen (secondary N) is 2. The first-order chi connectivity index (χ1) is 27.6. The van der Waals surface area contributed by atoms with Crippen LogP contribution < -0.4 is 20.1 Å². The molecular weight excluding hydrogens is 797 g/mol. The first-order valence-corrected chi connectivity index (χ1v) is 19.9. The SMILES string of the molecule is [2H]C([2H])(CNCCCNC(=O)CCCOc1ccc(CN(Cc2ccc(C)cc2)C(=O)c2ccc(I)cc2)c(OC)c1)Cc1c2ccccc2cc2ccccc12. The minimum atomic E-state index is -1.44. The number of hydrogen-bond donors (Lipinski definition) is 2. The van der Waals surface area contributed by atoms with E-state index in [9.17, 15) is 9.59 Å². The molecule has 7 nitrogen and oxygen atoms in total. The largest absolute Gasteiger partial charge is 0.496 e. The van der Waals surface area contributed by atoms with Gasteiger partial charge in [0.15, 0.2) is 0 Å². The van der Waals surface area contributed by atoms with Gasteiger partial charge in [-0.15, -0.1) is 0 Å². The van der Waals surface area contributed by atoms with Crippen LogP contribution in [-0.2, 0) is 24.3 Å². The molecule has 0 aliphatic carbocycles. The predicted molar refractivity (Wildman–Crippen MR) is 232 cm³/mol. The van der Waals surface area contributed by atoms with E-state index in [-0.39, 0.29) is 18.4 Å². The fourth-order valence-corrected chi connectivity index (χ4v) is 7.01. The van der Waals surface area contributed by atoms with Crippen molar-refractivity contribution in [3.63, 3.8) is 0 Å². The molecule has 0 saturated carbocycles. The van der Waals surface area contributed by atoms with E-state index < -0.39 is 6.37 Å². The van der Waals surface area contributed by atoms with E-state index in [1.54, 1.807) is 7.11 Å². The van der Waals surface area contributed by atoms with Crippen LogP contribution in [0.25, 0.3) is 21.5 Å². The average molecular weight is 850 g/mol. The van der Waals surface area contributed by atoms with Crippen molar-refractivity contribution in [2.24, 2.45) is 0 Å². The number of nitrogens with zero attached hydrogens (tertiary/aromatic N) is 1. The number of carbonyl (C=O) groups excluding carboxylic acids is 2. The Morgan fingerprint density at radius 1 is 0.782 bits per heavy atom. The molecule has 6 rings (SSSR count). The summed E-state index contributed by atoms with van der Waals surface area (Å²) in [5, 5.41) is 10.6. The number of ether oxygens (including phenoxy) is 2. The number of halogens is 1. The third kappa shape index (κ3) is 11.3. The fraction of sp³-hybridized carbons (Fsp3) is 0.277. The van der Waals surface area contributed by atoms with Crippen molar-refractivity contribution in [2.75, 3.05) is 33.4 Å². The predicted octanol–water partition coefficient (Wildman–Crippen LogP) is 9.64. The summed E-state index contributed by atoms with van der Waals surface area (Å²) in [5.41, 5.74) is 4.73. The third-order valence-corrected chi connectivity index (χ3v) is 10.3. The molecule has 55 heavy (non-hydrogen) atoms. The van der Waals surface area contributed by atoms with Crippen LogP contribution in [0.4, 0.5) is 0 Å². The van der Waals surface area contributed by atoms with E-state index in [1.807, 2.05) is 78.6 Å². The minimum absolute atomic E-state index is 0.0452. The van der Waals surface area contributed by atoms with Crippen molar-refractivity contribution in [2.45, 2.75) is 52.1 Å². The molecule has 0 spiro atoms. The van der Waals surface area contributed by atoms with Gasteiger partial charge in [0.2, 0.25) is 5.91 Å². The van der Waals surface area contributed by atoms with Crippen molar-refractivity contribution in [3.05, 3.63) is 153 Å². The molecule has 0 bridgehead atoms. The second-order valence-electron chi connectivity index (χ2n) is 13.7. The molecule has 8 heteroatoms. The summed E-state index contributed by atoms with van der Waals surface area (Å²) in [6, 6.07) is 40.0. The fourth-order valence-electron chi connectivity index (χ4n) is 6.65. The average Bonchev–Trinajstić information content (AvgIpc) is 3.21. The summed E-state index contributed by atoms with van der Waals surface area (Å²) in [7, 11) is 1.61. The quantitative estimate of drug-likeness (QED) is 0.0483. The van der Waals surface area contributed by atoms with Gasteiger partial charge >= 0.3 is 0 Å². The van der Waals surface area contributed by atoms with Crippen molar-refractivity contribution in [3.8, 4) is 11.5 Å². The molecule has 0 unspecified atom stereocenters. The smallest absolute Gasteiger partial charge is 0.254 e. The molecule has 0 atom stereocenters. The summed E-state index contributed by atoms with van der Waals surface area (Å²) in [6.45, 7) is 4.54. The first kappa shape index (κ1) is 37.0. The zero-order valence-electron chi connectivity index (χ0n) is 33.6. The zero-order chi connectivity index (χ0) is 40.2. The molecule has 2 N–H and O–H groups in total. The number of methoxy groups -OCH3 is 1. The van der Waals surface area contributed by atoms with Gasteiger partial charge in [-0.25, -0.2) is 0 Å². The molecule has 284 valence electrons. The van der Waals surface area contributed by atoms with Gasteiger partial charge in [-0.05, 0) is 143 Å². The molecule has 0 aliphatic heterocycles. The number of hydrogen-bond acceptors (Lipinski definition) is 5. The van der Waals surface area contributed by atoms with Crippen LogP contribution >= 0.6 is 22.6 Å². The highest BCUT2D eigenvalue weighted by atomic mass is 127. The second kappa shape index (κ2) is 20.1. The van der Waals surface area contributed by atoms with Crippen LogP contribution in [-0.4, -0.2) is 50.1 Å². The van der Waals surface area contributed by atoms with Crippen LogP contribution in [0.3, 0.4) is 0 Å². The third-order valence-electron chi connectivity index (χ3n) is 9.60. The Morgan fingerprint density at radius 2 is 1.49 bits per heavy atom. The van der Waals surface area contributed by atoms with E-state index in [2.05, 4.69) is 87.8 Å². The maximum atomic E-state index is 13.7. The highest BCUT2D eigenvalue weighted by Gasteiger charge is 2.19. The van der Waals surface area contributed by atoms with Gasteiger partial charge in [0.1, 0.15) is 11.5 Å². The summed E-state index contributed by atoms with van der Waals surface area (Å²) < 4.78 is 30.3. The molecule has 0 fully saturated rings. The lowest BCUT2D eigenvalue weighted by atomic mass is 9.94. The van der Waals surface area contributed by atoms with Crippen LogP contribution in [0, 0.1) is 10.5 Å². The Labute approximate surface area is 341 Å². The first-order valence-electron chi connectivity index (χ1n) is 19.9. The van der Waals surface area contributed by atoms with Gasteiger partial charge in [0.25, 0.3) is 5.91 Å². The maximum absolute atomic E-state index is 13.7. The van der Waals surface area contributed by atoms with Gasteiger partial charge in [0.05, 0.1) is 13.7 Å². The van der Waals surface area contributed by atoms with Crippen LogP contribution in [0.2, 0.25) is 0 Å². The van der Waals surface area contributed by atoms with Gasteiger partial charge < -0.3 is 25.0 Å². The summed E-state index contributed by atoms with van der Waals surface area (Å²) in [4.78, 5) is 28.1. The number of amides is 2. The van der Waals surface area contributed by atoms with E-state index in [1.165, 1.54) is 0 Å². The van der Waals surface area contributed by atoms with Gasteiger partial charge in [-0.2, -0.15) is 0 Å². The van der Waals surface area contributed by atoms with E-state index in [4.69, 9.17) is 12.2 Å². The molecule has 2 amide bonds. The maximum Gasteiger partial charge on any atom is 0.254 e. The van der Waals surface area contributed by atoms with Crippen LogP contribution in [0.5, 0.6) is 11.5 Å². The Hall–Kier alpha value is -4.93. The topological polar surface area (TPSA) is 79.9 Å². The van der Waals surface area contributed by atoms with Crippen molar-refractivity contribution in [1.29, 1.82) is 0 Å². The number of benzene rings is 6. The lowest BCUT2D eigenvalue weighted by Gasteiger charge is -2.24. The normalized spacial score (nSPS) is 11.9. The highest BCUT2D eigenvalue weighted by molar-refractivity contribution is 14.1. The summed E-state index contributed by atoms with van der Waals surface area (Å²) in [5.74, 6) is 1.15.